The highest BCUT2D eigenvalue weighted by atomic mass is 35.5. The number of ether oxygens (including phenoxy) is 4. The van der Waals surface area contributed by atoms with E-state index >= 15 is 0 Å². The van der Waals surface area contributed by atoms with Crippen LogP contribution in [0.2, 0.25) is 5.02 Å². The minimum absolute atomic E-state index is 0.358. The fourth-order valence-electron chi connectivity index (χ4n) is 5.20. The molecule has 0 radical (unpaired) electrons. The van der Waals surface area contributed by atoms with Crippen LogP contribution in [0.15, 0.2) is 103 Å². The van der Waals surface area contributed by atoms with Crippen molar-refractivity contribution in [3.63, 3.8) is 0 Å². The smallest absolute Gasteiger partial charge is 0.119 e. The molecule has 1 N–H and O–H groups in total. The number of benzene rings is 4. The Balaban J connectivity index is 1.42. The first-order valence-corrected chi connectivity index (χ1v) is 14.5. The first-order chi connectivity index (χ1) is 20.0. The van der Waals surface area contributed by atoms with Gasteiger partial charge in [0.25, 0.3) is 0 Å². The van der Waals surface area contributed by atoms with Gasteiger partial charge in [-0.1, -0.05) is 96.5 Å². The van der Waals surface area contributed by atoms with E-state index in [2.05, 4.69) is 18.2 Å². The number of aliphatic hydroxyl groups is 1. The summed E-state index contributed by atoms with van der Waals surface area (Å²) in [5.74, 6) is 0.846. The summed E-state index contributed by atoms with van der Waals surface area (Å²) >= 11 is 6.68. The Kier molecular flexibility index (Phi) is 10.1. The molecule has 1 heterocycles. The van der Waals surface area contributed by atoms with E-state index in [0.717, 1.165) is 33.6 Å². The topological polar surface area (TPSA) is 57.2 Å². The van der Waals surface area contributed by atoms with Gasteiger partial charge in [-0.3, -0.25) is 0 Å². The SMILES string of the molecule is CCOc1ccc(Cc2cc([C@H]3OC(C)C(O)C(OCc4ccccc4)C3OCc3ccccc3)ccc2Cl)cc1. The van der Waals surface area contributed by atoms with E-state index in [1.54, 1.807) is 0 Å². The standard InChI is InChI=1S/C35H37ClO5/c1-3-38-30-17-14-25(15-18-30)20-29-21-28(16-19-31(29)36)33-35(40-23-27-12-8-5-9-13-27)34(32(37)24(2)41-33)39-22-26-10-6-4-7-11-26/h4-19,21,24,32-35,37H,3,20,22-23H2,1-2H3/t24?,32?,33-,34?,35?/m1/s1. The molecule has 4 unspecified atom stereocenters. The molecule has 4 aromatic carbocycles. The van der Waals surface area contributed by atoms with Crippen LogP contribution in [0, 0.1) is 0 Å². The van der Waals surface area contributed by atoms with Gasteiger partial charge in [-0.15, -0.1) is 0 Å². The number of aliphatic hydroxyl groups excluding tert-OH is 1. The van der Waals surface area contributed by atoms with Crippen molar-refractivity contribution in [2.75, 3.05) is 6.61 Å². The first kappa shape index (κ1) is 29.3. The van der Waals surface area contributed by atoms with Crippen LogP contribution in [0.5, 0.6) is 5.75 Å². The second kappa shape index (κ2) is 14.1. The van der Waals surface area contributed by atoms with Crippen molar-refractivity contribution in [2.45, 2.75) is 64.0 Å². The van der Waals surface area contributed by atoms with Gasteiger partial charge in [0.2, 0.25) is 0 Å². The van der Waals surface area contributed by atoms with Crippen LogP contribution in [0.1, 0.15) is 47.8 Å². The van der Waals surface area contributed by atoms with Crippen molar-refractivity contribution in [2.24, 2.45) is 0 Å². The first-order valence-electron chi connectivity index (χ1n) is 14.2. The Morgan fingerprint density at radius 2 is 1.37 bits per heavy atom. The molecular formula is C35H37ClO5. The molecule has 5 atom stereocenters. The molecule has 0 aliphatic carbocycles. The van der Waals surface area contributed by atoms with Crippen molar-refractivity contribution in [1.82, 2.24) is 0 Å². The van der Waals surface area contributed by atoms with Gasteiger partial charge < -0.3 is 24.1 Å². The van der Waals surface area contributed by atoms with Crippen molar-refractivity contribution < 1.29 is 24.1 Å². The number of hydrogen-bond donors (Lipinski definition) is 1. The van der Waals surface area contributed by atoms with Gasteiger partial charge in [0.05, 0.1) is 25.9 Å². The van der Waals surface area contributed by atoms with Gasteiger partial charge in [0.1, 0.15) is 30.2 Å². The molecule has 1 saturated heterocycles. The summed E-state index contributed by atoms with van der Waals surface area (Å²) in [7, 11) is 0. The lowest BCUT2D eigenvalue weighted by Crippen LogP contribution is -2.55. The Morgan fingerprint density at radius 1 is 0.756 bits per heavy atom. The third-order valence-corrected chi connectivity index (χ3v) is 7.77. The highest BCUT2D eigenvalue weighted by molar-refractivity contribution is 6.31. The van der Waals surface area contributed by atoms with Crippen LogP contribution in [0.25, 0.3) is 0 Å². The minimum Gasteiger partial charge on any atom is -0.494 e. The molecule has 0 aromatic heterocycles. The third kappa shape index (κ3) is 7.56. The third-order valence-electron chi connectivity index (χ3n) is 7.40. The average molecular weight is 573 g/mol. The quantitative estimate of drug-likeness (QED) is 0.204. The van der Waals surface area contributed by atoms with Gasteiger partial charge >= 0.3 is 0 Å². The maximum Gasteiger partial charge on any atom is 0.119 e. The minimum atomic E-state index is -0.855. The molecule has 5 rings (SSSR count). The summed E-state index contributed by atoms with van der Waals surface area (Å²) in [6.45, 7) is 5.20. The van der Waals surface area contributed by atoms with Gasteiger partial charge in [-0.2, -0.15) is 0 Å². The maximum absolute atomic E-state index is 11.2. The molecule has 0 bridgehead atoms. The van der Waals surface area contributed by atoms with E-state index in [0.29, 0.717) is 31.3 Å². The molecule has 41 heavy (non-hydrogen) atoms. The van der Waals surface area contributed by atoms with Crippen LogP contribution in [0.4, 0.5) is 0 Å². The summed E-state index contributed by atoms with van der Waals surface area (Å²) in [5.41, 5.74) is 5.11. The fraction of sp³-hybridized carbons (Fsp3) is 0.314. The molecule has 214 valence electrons. The summed E-state index contributed by atoms with van der Waals surface area (Å²) in [5, 5.41) is 11.9. The summed E-state index contributed by atoms with van der Waals surface area (Å²) in [6, 6.07) is 34.0. The molecule has 4 aromatic rings. The zero-order valence-corrected chi connectivity index (χ0v) is 24.2. The largest absolute Gasteiger partial charge is 0.494 e. The lowest BCUT2D eigenvalue weighted by molar-refractivity contribution is -0.251. The van der Waals surface area contributed by atoms with E-state index in [1.807, 2.05) is 98.8 Å². The Labute approximate surface area is 247 Å². The molecule has 0 amide bonds. The molecule has 5 nitrogen and oxygen atoms in total. The van der Waals surface area contributed by atoms with Crippen LogP contribution >= 0.6 is 11.6 Å². The number of rotatable bonds is 11. The Bertz CT molecular complexity index is 1360. The molecule has 6 heteroatoms. The second-order valence-electron chi connectivity index (χ2n) is 10.4. The molecule has 1 aliphatic rings. The van der Waals surface area contributed by atoms with Crippen LogP contribution < -0.4 is 4.74 Å². The second-order valence-corrected chi connectivity index (χ2v) is 10.8. The summed E-state index contributed by atoms with van der Waals surface area (Å²) in [4.78, 5) is 0. The summed E-state index contributed by atoms with van der Waals surface area (Å²) < 4.78 is 24.9. The molecule has 1 fully saturated rings. The summed E-state index contributed by atoms with van der Waals surface area (Å²) in [6.07, 6.45) is -2.27. The van der Waals surface area contributed by atoms with Crippen molar-refractivity contribution in [3.05, 3.63) is 136 Å². The number of halogens is 1. The predicted octanol–water partition coefficient (Wildman–Crippen LogP) is 7.32. The van der Waals surface area contributed by atoms with E-state index < -0.39 is 30.5 Å². The zero-order chi connectivity index (χ0) is 28.6. The van der Waals surface area contributed by atoms with E-state index in [4.69, 9.17) is 30.5 Å². The molecule has 1 aliphatic heterocycles. The average Bonchev–Trinajstić information content (AvgIpc) is 3.00. The van der Waals surface area contributed by atoms with Crippen molar-refractivity contribution >= 4 is 11.6 Å². The molecule has 0 spiro atoms. The lowest BCUT2D eigenvalue weighted by atomic mass is 9.89. The molecular weight excluding hydrogens is 536 g/mol. The van der Waals surface area contributed by atoms with E-state index in [-0.39, 0.29) is 0 Å². The van der Waals surface area contributed by atoms with Gasteiger partial charge in [-0.25, -0.2) is 0 Å². The van der Waals surface area contributed by atoms with Gasteiger partial charge in [-0.05, 0) is 66.3 Å². The number of hydrogen-bond acceptors (Lipinski definition) is 5. The zero-order valence-electron chi connectivity index (χ0n) is 23.5. The van der Waals surface area contributed by atoms with Crippen LogP contribution in [-0.4, -0.2) is 36.1 Å². The van der Waals surface area contributed by atoms with Crippen LogP contribution in [-0.2, 0) is 33.8 Å². The Hall–Kier alpha value is -3.19. The predicted molar refractivity (Wildman–Crippen MR) is 161 cm³/mol. The lowest BCUT2D eigenvalue weighted by Gasteiger charge is -2.44. The highest BCUT2D eigenvalue weighted by Gasteiger charge is 2.46. The highest BCUT2D eigenvalue weighted by Crippen LogP contribution is 2.38. The molecule has 0 saturated carbocycles. The fourth-order valence-corrected chi connectivity index (χ4v) is 5.38. The maximum atomic E-state index is 11.2. The normalized spacial score (nSPS) is 22.4. The van der Waals surface area contributed by atoms with Gasteiger partial charge in [0.15, 0.2) is 0 Å². The van der Waals surface area contributed by atoms with Gasteiger partial charge in [0, 0.05) is 5.02 Å². The van der Waals surface area contributed by atoms with E-state index in [1.165, 1.54) is 0 Å². The monoisotopic (exact) mass is 572 g/mol. The van der Waals surface area contributed by atoms with Crippen molar-refractivity contribution in [1.29, 1.82) is 0 Å². The van der Waals surface area contributed by atoms with E-state index in [9.17, 15) is 5.11 Å². The van der Waals surface area contributed by atoms with Crippen molar-refractivity contribution in [3.8, 4) is 5.75 Å². The van der Waals surface area contributed by atoms with Crippen LogP contribution in [0.3, 0.4) is 0 Å². The Morgan fingerprint density at radius 3 is 1.98 bits per heavy atom.